The average Bonchev–Trinajstić information content (AvgIpc) is 3.76. The van der Waals surface area contributed by atoms with E-state index in [2.05, 4.69) is 137 Å². The molecule has 0 bridgehead atoms. The van der Waals surface area contributed by atoms with E-state index in [0.29, 0.717) is 11.7 Å². The minimum absolute atomic E-state index is 0.00888. The fraction of sp³-hybridized carbons (Fsp3) is 0.0800. The topological polar surface area (TPSA) is 58.9 Å². The van der Waals surface area contributed by atoms with Crippen LogP contribution < -0.4 is 10.7 Å². The van der Waals surface area contributed by atoms with Gasteiger partial charge in [0.2, 0.25) is 0 Å². The normalized spacial score (nSPS) is 17.5. The zero-order valence-electron chi connectivity index (χ0n) is 30.3. The van der Waals surface area contributed by atoms with Crippen molar-refractivity contribution in [1.82, 2.24) is 4.57 Å². The van der Waals surface area contributed by atoms with Crippen LogP contribution in [0.2, 0.25) is 0 Å². The predicted octanol–water partition coefficient (Wildman–Crippen LogP) is 10.9. The Labute approximate surface area is 321 Å². The molecule has 2 N–H and O–H groups in total. The zero-order chi connectivity index (χ0) is 36.7. The molecule has 0 fully saturated rings. The Morgan fingerprint density at radius 1 is 0.655 bits per heavy atom. The number of hydrogen-bond acceptors (Lipinski definition) is 2. The molecule has 7 aromatic rings. The molecule has 5 nitrogen and oxygen atoms in total. The Bertz CT molecular complexity index is 2720. The first-order valence-corrected chi connectivity index (χ1v) is 19.0. The number of hydrazone groups is 1. The molecule has 0 saturated heterocycles. The van der Waals surface area contributed by atoms with Gasteiger partial charge in [-0.1, -0.05) is 158 Å². The molecule has 2 heterocycles. The number of aliphatic imine (C=N–C) groups is 1. The molecule has 55 heavy (non-hydrogen) atoms. The van der Waals surface area contributed by atoms with Gasteiger partial charge in [0.05, 0.1) is 17.2 Å². The minimum Gasteiger partial charge on any atom is -0.383 e. The van der Waals surface area contributed by atoms with Crippen LogP contribution in [0.5, 0.6) is 0 Å². The smallest absolute Gasteiger partial charge is 0.181 e. The van der Waals surface area contributed by atoms with Crippen molar-refractivity contribution in [3.05, 3.63) is 216 Å². The monoisotopic (exact) mass is 709 g/mol. The Morgan fingerprint density at radius 3 is 2.20 bits per heavy atom. The highest BCUT2D eigenvalue weighted by atomic mass is 15.5. The third kappa shape index (κ3) is 5.91. The summed E-state index contributed by atoms with van der Waals surface area (Å²) in [5, 5.41) is 8.68. The SMILES string of the molecule is NC(=N/C(=N\N1c2ccccc2C2C=C(c3ccc4c(c3)c3c(n4-c4cccc(-c5ccccc5)c4)CCC=C3)C=CC21)c1ccccc1)c1ccccc1. The molecule has 5 heteroatoms. The summed E-state index contributed by atoms with van der Waals surface area (Å²) >= 11 is 0. The molecule has 1 aromatic heterocycles. The van der Waals surface area contributed by atoms with Gasteiger partial charge in [0.1, 0.15) is 5.84 Å². The number of nitrogens with zero attached hydrogens (tertiary/aromatic N) is 4. The van der Waals surface area contributed by atoms with Gasteiger partial charge < -0.3 is 10.3 Å². The number of anilines is 1. The number of allylic oxidation sites excluding steroid dienone is 3. The Balaban J connectivity index is 1.04. The fourth-order valence-electron chi connectivity index (χ4n) is 8.40. The number of hydrogen-bond donors (Lipinski definition) is 1. The molecule has 2 atom stereocenters. The third-order valence-corrected chi connectivity index (χ3v) is 11.0. The Morgan fingerprint density at radius 2 is 1.38 bits per heavy atom. The predicted molar refractivity (Wildman–Crippen MR) is 229 cm³/mol. The molecule has 0 radical (unpaired) electrons. The Hall–Kier alpha value is -6.98. The molecule has 0 amide bonds. The maximum Gasteiger partial charge on any atom is 0.181 e. The fourth-order valence-corrected chi connectivity index (χ4v) is 8.40. The number of fused-ring (bicyclic) bond motifs is 6. The van der Waals surface area contributed by atoms with Gasteiger partial charge in [0.15, 0.2) is 5.84 Å². The molecule has 264 valence electrons. The van der Waals surface area contributed by atoms with Crippen LogP contribution in [0.15, 0.2) is 192 Å². The third-order valence-electron chi connectivity index (χ3n) is 11.0. The lowest BCUT2D eigenvalue weighted by atomic mass is 9.86. The standard InChI is InChI=1S/C50H39N5/c51-49(35-17-6-2-7-18-35)52-50(36-19-8-3-9-20-36)53-55-47-26-13-11-24-42(47)44-33-39(28-30-48(44)55)38-27-29-46-43(32-38)41-23-10-12-25-45(41)54(46)40-22-14-21-37(31-40)34-15-4-1-5-16-34/h1-11,13-24,26-33,44,48H,12,25H2,(H2,51,52,53). The van der Waals surface area contributed by atoms with Gasteiger partial charge in [0.25, 0.3) is 0 Å². The van der Waals surface area contributed by atoms with E-state index >= 15 is 0 Å². The van der Waals surface area contributed by atoms with E-state index in [0.717, 1.165) is 29.7 Å². The molecule has 6 aromatic carbocycles. The number of benzene rings is 6. The van der Waals surface area contributed by atoms with E-state index in [1.54, 1.807) is 0 Å². The van der Waals surface area contributed by atoms with Crippen LogP contribution in [0.25, 0.3) is 39.4 Å². The van der Waals surface area contributed by atoms with Crippen LogP contribution in [-0.2, 0) is 6.42 Å². The minimum atomic E-state index is -0.00888. The molecular formula is C50H39N5. The van der Waals surface area contributed by atoms with Gasteiger partial charge >= 0.3 is 0 Å². The van der Waals surface area contributed by atoms with Crippen LogP contribution in [0.4, 0.5) is 5.69 Å². The second-order valence-electron chi connectivity index (χ2n) is 14.3. The molecule has 0 saturated carbocycles. The maximum atomic E-state index is 6.59. The summed E-state index contributed by atoms with van der Waals surface area (Å²) in [5.41, 5.74) is 20.7. The van der Waals surface area contributed by atoms with Crippen molar-refractivity contribution in [3.8, 4) is 16.8 Å². The number of para-hydroxylation sites is 1. The molecule has 3 aliphatic rings. The second-order valence-corrected chi connectivity index (χ2v) is 14.3. The number of nitrogens with two attached hydrogens (primary N) is 1. The first-order chi connectivity index (χ1) is 27.2. The number of aromatic nitrogens is 1. The number of rotatable bonds is 6. The molecule has 2 aliphatic carbocycles. The highest BCUT2D eigenvalue weighted by Gasteiger charge is 2.38. The van der Waals surface area contributed by atoms with Gasteiger partial charge in [-0.25, -0.2) is 4.99 Å². The van der Waals surface area contributed by atoms with Crippen molar-refractivity contribution in [3.63, 3.8) is 0 Å². The van der Waals surface area contributed by atoms with Crippen molar-refractivity contribution in [2.24, 2.45) is 15.8 Å². The van der Waals surface area contributed by atoms with Crippen LogP contribution in [0.3, 0.4) is 0 Å². The first-order valence-electron chi connectivity index (χ1n) is 19.0. The highest BCUT2D eigenvalue weighted by molar-refractivity contribution is 6.11. The van der Waals surface area contributed by atoms with Crippen LogP contribution in [-0.4, -0.2) is 22.3 Å². The molecule has 0 spiro atoms. The molecular weight excluding hydrogens is 671 g/mol. The van der Waals surface area contributed by atoms with Crippen molar-refractivity contribution >= 4 is 39.9 Å². The largest absolute Gasteiger partial charge is 0.383 e. The Kier molecular flexibility index (Phi) is 8.18. The second kappa shape index (κ2) is 13.8. The summed E-state index contributed by atoms with van der Waals surface area (Å²) in [7, 11) is 0. The van der Waals surface area contributed by atoms with Crippen molar-refractivity contribution in [2.45, 2.75) is 24.8 Å². The van der Waals surface area contributed by atoms with E-state index in [1.807, 2.05) is 60.7 Å². The average molecular weight is 710 g/mol. The van der Waals surface area contributed by atoms with Crippen molar-refractivity contribution < 1.29 is 0 Å². The van der Waals surface area contributed by atoms with Gasteiger partial charge in [0, 0.05) is 39.4 Å². The van der Waals surface area contributed by atoms with E-state index < -0.39 is 0 Å². The van der Waals surface area contributed by atoms with Gasteiger partial charge in [-0.3, -0.25) is 5.01 Å². The van der Waals surface area contributed by atoms with E-state index in [4.69, 9.17) is 15.8 Å². The van der Waals surface area contributed by atoms with E-state index in [9.17, 15) is 0 Å². The van der Waals surface area contributed by atoms with Crippen LogP contribution in [0.1, 0.15) is 45.8 Å². The summed E-state index contributed by atoms with van der Waals surface area (Å²) < 4.78 is 2.48. The van der Waals surface area contributed by atoms with Crippen LogP contribution >= 0.6 is 0 Å². The van der Waals surface area contributed by atoms with Crippen LogP contribution in [0, 0.1) is 0 Å². The molecule has 2 unspecified atom stereocenters. The molecule has 10 rings (SSSR count). The van der Waals surface area contributed by atoms with Crippen molar-refractivity contribution in [1.29, 1.82) is 0 Å². The number of amidine groups is 2. The van der Waals surface area contributed by atoms with Gasteiger partial charge in [-0.05, 0) is 71.0 Å². The van der Waals surface area contributed by atoms with E-state index in [-0.39, 0.29) is 12.0 Å². The highest BCUT2D eigenvalue weighted by Crippen LogP contribution is 2.46. The summed E-state index contributed by atoms with van der Waals surface area (Å²) in [6, 6.07) is 55.1. The zero-order valence-corrected chi connectivity index (χ0v) is 30.3. The summed E-state index contributed by atoms with van der Waals surface area (Å²) in [6.07, 6.45) is 13.7. The van der Waals surface area contributed by atoms with E-state index in [1.165, 1.54) is 55.7 Å². The van der Waals surface area contributed by atoms with Gasteiger partial charge in [-0.15, -0.1) is 0 Å². The summed E-state index contributed by atoms with van der Waals surface area (Å²) in [6.45, 7) is 0. The maximum absolute atomic E-state index is 6.59. The van der Waals surface area contributed by atoms with Gasteiger partial charge in [-0.2, -0.15) is 5.10 Å². The summed E-state index contributed by atoms with van der Waals surface area (Å²) in [4.78, 5) is 4.92. The lowest BCUT2D eigenvalue weighted by molar-refractivity contribution is 0.696. The van der Waals surface area contributed by atoms with Crippen molar-refractivity contribution in [2.75, 3.05) is 5.01 Å². The molecule has 1 aliphatic heterocycles. The lowest BCUT2D eigenvalue weighted by Crippen LogP contribution is -2.30. The summed E-state index contributed by atoms with van der Waals surface area (Å²) in [5.74, 6) is 1.11. The lowest BCUT2D eigenvalue weighted by Gasteiger charge is -2.26. The quantitative estimate of drug-likeness (QED) is 0.138. The first kappa shape index (κ1) is 32.7.